The molecule has 1 aromatic rings. The molecule has 8 heteroatoms. The van der Waals surface area contributed by atoms with Gasteiger partial charge >= 0.3 is 6.09 Å². The lowest BCUT2D eigenvalue weighted by Crippen LogP contribution is -2.57. The molecule has 3 aliphatic rings. The number of halogens is 1. The van der Waals surface area contributed by atoms with Crippen LogP contribution in [0.2, 0.25) is 0 Å². The standard InChI is InChI=1S/C24H37N5O2.HI/c1-24(2,3)31-23(30)28-13-14-29-21(18-28)16-26-22(29)25-15-19-9-5-6-10-20(19)17-27-11-7-4-8-12-27;/h5-6,9-10,21H,4,7-8,11-18H2,1-3H3,(H,25,26);1H. The smallest absolute Gasteiger partial charge is 0.410 e. The first-order valence-electron chi connectivity index (χ1n) is 11.7. The number of hydrogen-bond acceptors (Lipinski definition) is 6. The molecular formula is C24H38IN5O2. The van der Waals surface area contributed by atoms with Gasteiger partial charge in [-0.2, -0.15) is 0 Å². The van der Waals surface area contributed by atoms with E-state index in [1.165, 1.54) is 43.5 Å². The van der Waals surface area contributed by atoms with E-state index in [-0.39, 0.29) is 36.1 Å². The largest absolute Gasteiger partial charge is 0.444 e. The molecule has 2 fully saturated rings. The van der Waals surface area contributed by atoms with E-state index in [2.05, 4.69) is 39.4 Å². The van der Waals surface area contributed by atoms with Gasteiger partial charge in [0.1, 0.15) is 5.60 Å². The summed E-state index contributed by atoms with van der Waals surface area (Å²) in [7, 11) is 0. The number of nitrogens with zero attached hydrogens (tertiary/aromatic N) is 4. The molecule has 7 nitrogen and oxygen atoms in total. The second-order valence-electron chi connectivity index (χ2n) is 9.90. The number of guanidine groups is 1. The van der Waals surface area contributed by atoms with Crippen molar-refractivity contribution in [1.29, 1.82) is 0 Å². The molecule has 0 aromatic heterocycles. The third-order valence-electron chi connectivity index (χ3n) is 6.26. The second-order valence-corrected chi connectivity index (χ2v) is 9.90. The quantitative estimate of drug-likeness (QED) is 0.575. The van der Waals surface area contributed by atoms with Crippen LogP contribution in [0, 0.1) is 0 Å². The lowest BCUT2D eigenvalue weighted by molar-refractivity contribution is 0.0137. The van der Waals surface area contributed by atoms with Crippen LogP contribution in [-0.2, 0) is 17.8 Å². The third kappa shape index (κ3) is 6.50. The molecule has 4 rings (SSSR count). The van der Waals surface area contributed by atoms with Gasteiger partial charge in [-0.1, -0.05) is 30.7 Å². The maximum atomic E-state index is 12.4. The van der Waals surface area contributed by atoms with E-state index in [0.29, 0.717) is 13.1 Å². The molecular weight excluding hydrogens is 517 g/mol. The summed E-state index contributed by atoms with van der Waals surface area (Å²) in [6, 6.07) is 8.97. The molecule has 0 bridgehead atoms. The number of likely N-dealkylation sites (tertiary alicyclic amines) is 1. The minimum absolute atomic E-state index is 0. The van der Waals surface area contributed by atoms with Gasteiger partial charge in [0.15, 0.2) is 5.96 Å². The van der Waals surface area contributed by atoms with Crippen LogP contribution in [0.1, 0.15) is 51.2 Å². The Morgan fingerprint density at radius 2 is 1.81 bits per heavy atom. The van der Waals surface area contributed by atoms with Gasteiger partial charge in [0.25, 0.3) is 0 Å². The summed E-state index contributed by atoms with van der Waals surface area (Å²) in [6.45, 7) is 12.8. The maximum Gasteiger partial charge on any atom is 0.410 e. The van der Waals surface area contributed by atoms with Crippen LogP contribution in [0.3, 0.4) is 0 Å². The summed E-state index contributed by atoms with van der Waals surface area (Å²) in [5.74, 6) is 0.960. The van der Waals surface area contributed by atoms with Gasteiger partial charge in [0.05, 0.1) is 12.6 Å². The summed E-state index contributed by atoms with van der Waals surface area (Å²) in [6.07, 6.45) is 3.77. The summed E-state index contributed by atoms with van der Waals surface area (Å²) in [4.78, 5) is 23.9. The molecule has 0 saturated carbocycles. The van der Waals surface area contributed by atoms with Crippen molar-refractivity contribution < 1.29 is 9.53 Å². The van der Waals surface area contributed by atoms with Crippen molar-refractivity contribution in [2.24, 2.45) is 4.99 Å². The van der Waals surface area contributed by atoms with Crippen molar-refractivity contribution in [2.75, 3.05) is 39.3 Å². The second kappa shape index (κ2) is 11.0. The molecule has 3 heterocycles. The number of fused-ring (bicyclic) bond motifs is 1. The number of hydrogen-bond donors (Lipinski definition) is 1. The Balaban J connectivity index is 0.00000289. The number of ether oxygens (including phenoxy) is 1. The molecule has 1 atom stereocenters. The predicted octanol–water partition coefficient (Wildman–Crippen LogP) is 3.67. The first-order valence-corrected chi connectivity index (χ1v) is 11.7. The van der Waals surface area contributed by atoms with E-state index < -0.39 is 5.60 Å². The number of aliphatic imine (C=N–C) groups is 1. The minimum Gasteiger partial charge on any atom is -0.444 e. The Hall–Kier alpha value is -1.55. The topological polar surface area (TPSA) is 60.4 Å². The molecule has 0 aliphatic carbocycles. The fraction of sp³-hybridized carbons (Fsp3) is 0.667. The van der Waals surface area contributed by atoms with Crippen LogP contribution in [-0.4, -0.2) is 77.7 Å². The van der Waals surface area contributed by atoms with Gasteiger partial charge in [0.2, 0.25) is 0 Å². The number of benzene rings is 1. The minimum atomic E-state index is -0.464. The van der Waals surface area contributed by atoms with Gasteiger partial charge in [-0.3, -0.25) is 9.89 Å². The van der Waals surface area contributed by atoms with Crippen molar-refractivity contribution in [1.82, 2.24) is 20.0 Å². The molecule has 0 spiro atoms. The lowest BCUT2D eigenvalue weighted by atomic mass is 10.0. The first kappa shape index (κ1) is 25.1. The normalized spacial score (nSPS) is 21.5. The van der Waals surface area contributed by atoms with Crippen LogP contribution in [0.15, 0.2) is 29.3 Å². The Bertz CT molecular complexity index is 804. The van der Waals surface area contributed by atoms with E-state index in [1.807, 2.05) is 25.7 Å². The van der Waals surface area contributed by atoms with Gasteiger partial charge in [0, 0.05) is 32.7 Å². The molecule has 32 heavy (non-hydrogen) atoms. The molecule has 2 saturated heterocycles. The van der Waals surface area contributed by atoms with Crippen molar-refractivity contribution in [3.63, 3.8) is 0 Å². The highest BCUT2D eigenvalue weighted by Gasteiger charge is 2.36. The molecule has 1 amide bonds. The van der Waals surface area contributed by atoms with Crippen LogP contribution < -0.4 is 5.32 Å². The highest BCUT2D eigenvalue weighted by molar-refractivity contribution is 14.0. The zero-order valence-electron chi connectivity index (χ0n) is 19.7. The Labute approximate surface area is 209 Å². The molecule has 1 unspecified atom stereocenters. The summed E-state index contributed by atoms with van der Waals surface area (Å²) >= 11 is 0. The number of rotatable bonds is 4. The molecule has 178 valence electrons. The first-order chi connectivity index (χ1) is 14.9. The van der Waals surface area contributed by atoms with Crippen LogP contribution in [0.25, 0.3) is 0 Å². The van der Waals surface area contributed by atoms with Gasteiger partial charge < -0.3 is 19.9 Å². The van der Waals surface area contributed by atoms with Crippen LogP contribution >= 0.6 is 24.0 Å². The molecule has 3 aliphatic heterocycles. The van der Waals surface area contributed by atoms with Gasteiger partial charge in [-0.15, -0.1) is 24.0 Å². The number of nitrogens with one attached hydrogen (secondary N) is 1. The molecule has 1 N–H and O–H groups in total. The summed E-state index contributed by atoms with van der Waals surface area (Å²) in [5, 5.41) is 3.58. The van der Waals surface area contributed by atoms with E-state index >= 15 is 0 Å². The SMILES string of the molecule is CC(C)(C)OC(=O)N1CCN2C(NCc3ccccc3CN3CCCCC3)=NCC2C1.I. The van der Waals surface area contributed by atoms with E-state index in [1.54, 1.807) is 0 Å². The van der Waals surface area contributed by atoms with Crippen molar-refractivity contribution in [3.8, 4) is 0 Å². The van der Waals surface area contributed by atoms with E-state index in [0.717, 1.165) is 32.1 Å². The van der Waals surface area contributed by atoms with Crippen molar-refractivity contribution in [2.45, 2.75) is 64.8 Å². The predicted molar refractivity (Wildman–Crippen MR) is 138 cm³/mol. The van der Waals surface area contributed by atoms with Gasteiger partial charge in [-0.25, -0.2) is 4.79 Å². The maximum absolute atomic E-state index is 12.4. The Morgan fingerprint density at radius 3 is 2.53 bits per heavy atom. The number of carbonyl (C=O) groups is 1. The fourth-order valence-electron chi connectivity index (χ4n) is 4.64. The average Bonchev–Trinajstić information content (AvgIpc) is 3.15. The number of carbonyl (C=O) groups excluding carboxylic acids is 1. The number of amides is 1. The highest BCUT2D eigenvalue weighted by atomic mass is 127. The van der Waals surface area contributed by atoms with Gasteiger partial charge in [-0.05, 0) is 57.8 Å². The highest BCUT2D eigenvalue weighted by Crippen LogP contribution is 2.20. The van der Waals surface area contributed by atoms with E-state index in [4.69, 9.17) is 9.73 Å². The molecule has 0 radical (unpaired) electrons. The monoisotopic (exact) mass is 555 g/mol. The Kier molecular flexibility index (Phi) is 8.66. The molecule has 1 aromatic carbocycles. The van der Waals surface area contributed by atoms with Crippen LogP contribution in [0.5, 0.6) is 0 Å². The zero-order valence-corrected chi connectivity index (χ0v) is 22.0. The third-order valence-corrected chi connectivity index (χ3v) is 6.26. The van der Waals surface area contributed by atoms with Crippen molar-refractivity contribution in [3.05, 3.63) is 35.4 Å². The Morgan fingerprint density at radius 1 is 1.09 bits per heavy atom. The summed E-state index contributed by atoms with van der Waals surface area (Å²) in [5.41, 5.74) is 2.28. The number of piperidine rings is 1. The average molecular weight is 556 g/mol. The lowest BCUT2D eigenvalue weighted by Gasteiger charge is -2.39. The fourth-order valence-corrected chi connectivity index (χ4v) is 4.64. The van der Waals surface area contributed by atoms with Crippen molar-refractivity contribution >= 4 is 36.0 Å². The number of piperazine rings is 1. The zero-order chi connectivity index (χ0) is 21.8. The van der Waals surface area contributed by atoms with Crippen LogP contribution in [0.4, 0.5) is 4.79 Å². The van der Waals surface area contributed by atoms with E-state index in [9.17, 15) is 4.79 Å². The summed E-state index contributed by atoms with van der Waals surface area (Å²) < 4.78 is 5.54.